The zero-order valence-electron chi connectivity index (χ0n) is 35.9. The van der Waals surface area contributed by atoms with Crippen molar-refractivity contribution in [1.82, 2.24) is 24.1 Å². The molecule has 0 saturated carbocycles. The number of benzene rings is 9. The van der Waals surface area contributed by atoms with Gasteiger partial charge in [0.1, 0.15) is 0 Å². The molecule has 0 fully saturated rings. The van der Waals surface area contributed by atoms with E-state index < -0.39 is 0 Å². The molecule has 0 radical (unpaired) electrons. The van der Waals surface area contributed by atoms with Crippen molar-refractivity contribution in [1.29, 1.82) is 0 Å². The second-order valence-corrected chi connectivity index (χ2v) is 17.5. The molecule has 0 amide bonds. The fourth-order valence-electron chi connectivity index (χ4n) is 10.8. The van der Waals surface area contributed by atoms with Gasteiger partial charge < -0.3 is 4.57 Å². The van der Waals surface area contributed by atoms with Crippen LogP contribution in [0.5, 0.6) is 0 Å². The Labute approximate surface area is 376 Å². The van der Waals surface area contributed by atoms with E-state index in [0.29, 0.717) is 17.6 Å². The fourth-order valence-corrected chi connectivity index (χ4v) is 10.8. The first-order valence-electron chi connectivity index (χ1n) is 22.3. The van der Waals surface area contributed by atoms with Crippen LogP contribution in [-0.2, 0) is 5.41 Å². The molecule has 0 aliphatic heterocycles. The van der Waals surface area contributed by atoms with Crippen molar-refractivity contribution in [3.8, 4) is 67.8 Å². The first-order valence-corrected chi connectivity index (χ1v) is 22.3. The van der Waals surface area contributed by atoms with Gasteiger partial charge in [0, 0.05) is 43.7 Å². The Morgan fingerprint density at radius 1 is 0.354 bits per heavy atom. The summed E-state index contributed by atoms with van der Waals surface area (Å²) in [5.74, 6) is 1.83. The molecule has 1 aliphatic carbocycles. The van der Waals surface area contributed by atoms with Crippen LogP contribution in [0, 0.1) is 0 Å². The van der Waals surface area contributed by atoms with E-state index in [4.69, 9.17) is 15.0 Å². The molecule has 5 nitrogen and oxygen atoms in total. The maximum atomic E-state index is 5.59. The first-order chi connectivity index (χ1) is 32.0. The second kappa shape index (κ2) is 14.3. The van der Waals surface area contributed by atoms with Crippen LogP contribution in [0.3, 0.4) is 0 Å². The molecule has 0 bridgehead atoms. The molecule has 0 spiro atoms. The highest BCUT2D eigenvalue weighted by molar-refractivity contribution is 6.24. The summed E-state index contributed by atoms with van der Waals surface area (Å²) >= 11 is 0. The van der Waals surface area contributed by atoms with Crippen molar-refractivity contribution >= 4 is 43.6 Å². The highest BCUT2D eigenvalue weighted by atomic mass is 15.2. The summed E-state index contributed by atoms with van der Waals surface area (Å²) in [6.07, 6.45) is 0. The molecule has 3 aromatic heterocycles. The Kier molecular flexibility index (Phi) is 8.18. The van der Waals surface area contributed by atoms with Gasteiger partial charge in [-0.15, -0.1) is 0 Å². The fraction of sp³-hybridized carbons (Fsp3) is 0.0500. The largest absolute Gasteiger partial charge is 0.307 e. The van der Waals surface area contributed by atoms with E-state index in [2.05, 4.69) is 229 Å². The van der Waals surface area contributed by atoms with E-state index in [1.807, 2.05) is 6.07 Å². The van der Waals surface area contributed by atoms with Gasteiger partial charge in [0.15, 0.2) is 11.6 Å². The lowest BCUT2D eigenvalue weighted by atomic mass is 9.80. The van der Waals surface area contributed by atoms with E-state index in [1.54, 1.807) is 0 Å². The summed E-state index contributed by atoms with van der Waals surface area (Å²) in [5, 5.41) is 4.58. The average molecular weight is 832 g/mol. The van der Waals surface area contributed by atoms with Crippen molar-refractivity contribution in [2.45, 2.75) is 19.3 Å². The smallest absolute Gasteiger partial charge is 0.238 e. The normalized spacial score (nSPS) is 12.9. The number of nitrogens with zero attached hydrogens (tertiary/aromatic N) is 5. The van der Waals surface area contributed by atoms with Gasteiger partial charge in [0.05, 0.1) is 27.8 Å². The van der Waals surface area contributed by atoms with E-state index in [9.17, 15) is 0 Å². The lowest BCUT2D eigenvalue weighted by Crippen LogP contribution is -2.17. The van der Waals surface area contributed by atoms with E-state index in [-0.39, 0.29) is 5.41 Å². The lowest BCUT2D eigenvalue weighted by molar-refractivity contribution is 0.661. The maximum absolute atomic E-state index is 5.59. The van der Waals surface area contributed by atoms with Crippen LogP contribution in [0.1, 0.15) is 25.0 Å². The molecule has 1 aliphatic rings. The Balaban J connectivity index is 1.17. The Morgan fingerprint density at radius 3 is 1.57 bits per heavy atom. The predicted octanol–water partition coefficient (Wildman–Crippen LogP) is 15.0. The van der Waals surface area contributed by atoms with Crippen LogP contribution in [0.2, 0.25) is 0 Å². The zero-order valence-corrected chi connectivity index (χ0v) is 35.9. The molecule has 3 heterocycles. The summed E-state index contributed by atoms with van der Waals surface area (Å²) in [6, 6.07) is 76.0. The predicted molar refractivity (Wildman–Crippen MR) is 268 cm³/mol. The summed E-state index contributed by atoms with van der Waals surface area (Å²) in [6.45, 7) is 4.64. The van der Waals surface area contributed by atoms with E-state index in [1.165, 1.54) is 33.2 Å². The summed E-state index contributed by atoms with van der Waals surface area (Å²) in [4.78, 5) is 16.4. The van der Waals surface area contributed by atoms with Crippen LogP contribution >= 0.6 is 0 Å². The molecule has 13 rings (SSSR count). The third kappa shape index (κ3) is 5.55. The van der Waals surface area contributed by atoms with Crippen LogP contribution in [0.25, 0.3) is 111 Å². The molecular formula is C60H41N5. The minimum atomic E-state index is -0.271. The van der Waals surface area contributed by atoms with Gasteiger partial charge >= 0.3 is 0 Å². The molecule has 0 saturated heterocycles. The van der Waals surface area contributed by atoms with Gasteiger partial charge in [-0.05, 0) is 57.1 Å². The number of aromatic nitrogens is 5. The molecular weight excluding hydrogens is 791 g/mol. The summed E-state index contributed by atoms with van der Waals surface area (Å²) in [7, 11) is 0. The number of fused-ring (bicyclic) bond motifs is 10. The SMILES string of the molecule is CC1(C)c2ccccc2-c2cccc(-c3nc(-c4ccccc4)nc(-n4c5ccccc5c5ccc6c7ccccc7n(-c7cccc(-c8ccccc8)c7-c7ccccc7)c6c54)n3)c21. The minimum Gasteiger partial charge on any atom is -0.307 e. The molecule has 0 atom stereocenters. The van der Waals surface area contributed by atoms with E-state index >= 15 is 0 Å². The Morgan fingerprint density at radius 2 is 0.862 bits per heavy atom. The van der Waals surface area contributed by atoms with Gasteiger partial charge in [-0.1, -0.05) is 208 Å². The highest BCUT2D eigenvalue weighted by Crippen LogP contribution is 2.52. The van der Waals surface area contributed by atoms with Crippen molar-refractivity contribution in [3.05, 3.63) is 223 Å². The number of hydrogen-bond donors (Lipinski definition) is 0. The number of rotatable bonds is 6. The monoisotopic (exact) mass is 831 g/mol. The molecule has 0 N–H and O–H groups in total. The van der Waals surface area contributed by atoms with Gasteiger partial charge in [-0.2, -0.15) is 9.97 Å². The van der Waals surface area contributed by atoms with Crippen LogP contribution in [-0.4, -0.2) is 24.1 Å². The first kappa shape index (κ1) is 37.2. The van der Waals surface area contributed by atoms with Crippen molar-refractivity contribution in [2.75, 3.05) is 0 Å². The third-order valence-corrected chi connectivity index (χ3v) is 13.6. The topological polar surface area (TPSA) is 48.5 Å². The summed E-state index contributed by atoms with van der Waals surface area (Å²) < 4.78 is 4.79. The second-order valence-electron chi connectivity index (χ2n) is 17.5. The van der Waals surface area contributed by atoms with Gasteiger partial charge in [-0.25, -0.2) is 4.98 Å². The molecule has 65 heavy (non-hydrogen) atoms. The zero-order chi connectivity index (χ0) is 43.2. The third-order valence-electron chi connectivity index (χ3n) is 13.6. The van der Waals surface area contributed by atoms with E-state index in [0.717, 1.165) is 71.7 Å². The molecule has 9 aromatic carbocycles. The molecule has 306 valence electrons. The Hall–Kier alpha value is -8.41. The molecule has 5 heteroatoms. The van der Waals surface area contributed by atoms with Gasteiger partial charge in [0.2, 0.25) is 5.95 Å². The van der Waals surface area contributed by atoms with Crippen molar-refractivity contribution in [2.24, 2.45) is 0 Å². The highest BCUT2D eigenvalue weighted by Gasteiger charge is 2.38. The van der Waals surface area contributed by atoms with Crippen molar-refractivity contribution in [3.63, 3.8) is 0 Å². The Bertz CT molecular complexity index is 3840. The standard InChI is InChI=1S/C60H41N5/c1-60(2)49-32-15-12-26-42(49)45-30-18-31-48(54(45)60)58-61-57(40-24-10-5-11-25-40)62-59(63-58)65-51-34-17-14-28-44(51)47-37-36-46-43-27-13-16-33-50(43)64(55(46)56(47)65)52-35-19-29-41(38-20-6-3-7-21-38)53(52)39-22-8-4-9-23-39/h3-37H,1-2H3. The van der Waals surface area contributed by atoms with Crippen LogP contribution < -0.4 is 0 Å². The number of hydrogen-bond acceptors (Lipinski definition) is 3. The quantitative estimate of drug-likeness (QED) is 0.168. The van der Waals surface area contributed by atoms with Crippen LogP contribution in [0.4, 0.5) is 0 Å². The minimum absolute atomic E-state index is 0.271. The van der Waals surface area contributed by atoms with Crippen LogP contribution in [0.15, 0.2) is 212 Å². The molecule has 12 aromatic rings. The number of para-hydroxylation sites is 2. The van der Waals surface area contributed by atoms with Crippen molar-refractivity contribution < 1.29 is 0 Å². The maximum Gasteiger partial charge on any atom is 0.238 e. The van der Waals surface area contributed by atoms with Gasteiger partial charge in [0.25, 0.3) is 0 Å². The van der Waals surface area contributed by atoms with Gasteiger partial charge in [-0.3, -0.25) is 4.57 Å². The summed E-state index contributed by atoms with van der Waals surface area (Å²) in [5.41, 5.74) is 16.7. The average Bonchev–Trinajstić information content (AvgIpc) is 3.97. The molecule has 0 unspecified atom stereocenters. The lowest BCUT2D eigenvalue weighted by Gasteiger charge is -2.24.